The zero-order chi connectivity index (χ0) is 13.2. The maximum absolute atomic E-state index is 5.87. The Kier molecular flexibility index (Phi) is 3.78. The molecule has 19 heavy (non-hydrogen) atoms. The molecule has 0 spiro atoms. The molecule has 0 radical (unpaired) electrons. The van der Waals surface area contributed by atoms with Crippen LogP contribution < -0.4 is 5.32 Å². The summed E-state index contributed by atoms with van der Waals surface area (Å²) in [5.41, 5.74) is 1.22. The molecule has 0 bridgehead atoms. The number of fused-ring (bicyclic) bond motifs is 1. The minimum atomic E-state index is 0.374. The van der Waals surface area contributed by atoms with Gasteiger partial charge in [0.25, 0.3) is 0 Å². The molecule has 106 valence electrons. The van der Waals surface area contributed by atoms with Gasteiger partial charge in [0.2, 0.25) is 0 Å². The van der Waals surface area contributed by atoms with Crippen LogP contribution in [0.2, 0.25) is 0 Å². The Morgan fingerprint density at radius 1 is 1.47 bits per heavy atom. The molecule has 0 aliphatic carbocycles. The molecule has 1 aromatic heterocycles. The Morgan fingerprint density at radius 2 is 2.37 bits per heavy atom. The molecule has 0 saturated carbocycles. The Morgan fingerprint density at radius 3 is 3.11 bits per heavy atom. The van der Waals surface area contributed by atoms with E-state index >= 15 is 0 Å². The lowest BCUT2D eigenvalue weighted by molar-refractivity contribution is 0.0590. The van der Waals surface area contributed by atoms with E-state index < -0.39 is 0 Å². The van der Waals surface area contributed by atoms with E-state index in [9.17, 15) is 0 Å². The van der Waals surface area contributed by atoms with E-state index in [0.29, 0.717) is 12.1 Å². The van der Waals surface area contributed by atoms with Crippen molar-refractivity contribution in [1.29, 1.82) is 0 Å². The highest BCUT2D eigenvalue weighted by Crippen LogP contribution is 2.32. The second-order valence-corrected chi connectivity index (χ2v) is 6.23. The molecule has 2 atom stereocenters. The van der Waals surface area contributed by atoms with Crippen LogP contribution in [0.15, 0.2) is 6.07 Å². The number of nitrogens with zero attached hydrogens (tertiary/aromatic N) is 2. The third-order valence-corrected chi connectivity index (χ3v) is 4.22. The number of rotatable bonds is 4. The lowest BCUT2D eigenvalue weighted by atomic mass is 10.0. The molecule has 4 nitrogen and oxygen atoms in total. The smallest absolute Gasteiger partial charge is 0.124 e. The fourth-order valence-electron chi connectivity index (χ4n) is 3.11. The van der Waals surface area contributed by atoms with Crippen LogP contribution in [-0.4, -0.2) is 29.0 Å². The first-order valence-electron chi connectivity index (χ1n) is 7.68. The summed E-state index contributed by atoms with van der Waals surface area (Å²) in [6, 6.07) is 2.66. The molecule has 2 aliphatic heterocycles. The molecule has 4 heteroatoms. The van der Waals surface area contributed by atoms with Crippen molar-refractivity contribution in [3.8, 4) is 0 Å². The largest absolute Gasteiger partial charge is 0.376 e. The van der Waals surface area contributed by atoms with Gasteiger partial charge in [0.1, 0.15) is 5.82 Å². The van der Waals surface area contributed by atoms with Crippen LogP contribution in [-0.2, 0) is 11.2 Å². The van der Waals surface area contributed by atoms with E-state index in [2.05, 4.69) is 29.9 Å². The molecule has 3 heterocycles. The van der Waals surface area contributed by atoms with Crippen molar-refractivity contribution in [3.63, 3.8) is 0 Å². The first-order valence-corrected chi connectivity index (χ1v) is 7.68. The third kappa shape index (κ3) is 2.78. The van der Waals surface area contributed by atoms with Crippen molar-refractivity contribution in [2.24, 2.45) is 5.92 Å². The minimum Gasteiger partial charge on any atom is -0.376 e. The van der Waals surface area contributed by atoms with E-state index in [1.165, 1.54) is 30.8 Å². The van der Waals surface area contributed by atoms with Gasteiger partial charge in [0.15, 0.2) is 0 Å². The van der Waals surface area contributed by atoms with E-state index in [4.69, 9.17) is 9.84 Å². The maximum atomic E-state index is 5.87. The number of anilines is 1. The van der Waals surface area contributed by atoms with Gasteiger partial charge in [0.05, 0.1) is 17.8 Å². The normalized spacial score (nSPS) is 26.5. The molecule has 0 amide bonds. The van der Waals surface area contributed by atoms with Gasteiger partial charge in [-0.25, -0.2) is 4.68 Å². The summed E-state index contributed by atoms with van der Waals surface area (Å²) in [5.74, 6) is 1.92. The third-order valence-electron chi connectivity index (χ3n) is 4.22. The van der Waals surface area contributed by atoms with Crippen LogP contribution in [0.4, 0.5) is 5.82 Å². The van der Waals surface area contributed by atoms with Gasteiger partial charge in [-0.1, -0.05) is 13.8 Å². The first kappa shape index (κ1) is 13.0. The fourth-order valence-corrected chi connectivity index (χ4v) is 3.11. The zero-order valence-corrected chi connectivity index (χ0v) is 12.1. The fraction of sp³-hybridized carbons (Fsp3) is 0.800. The molecular weight excluding hydrogens is 238 g/mol. The van der Waals surface area contributed by atoms with Gasteiger partial charge >= 0.3 is 0 Å². The molecule has 3 rings (SSSR count). The van der Waals surface area contributed by atoms with Crippen molar-refractivity contribution in [3.05, 3.63) is 11.8 Å². The summed E-state index contributed by atoms with van der Waals surface area (Å²) in [6.45, 7) is 6.50. The molecule has 1 saturated heterocycles. The van der Waals surface area contributed by atoms with Gasteiger partial charge < -0.3 is 10.1 Å². The van der Waals surface area contributed by atoms with Crippen LogP contribution in [0.5, 0.6) is 0 Å². The average Bonchev–Trinajstić information content (AvgIpc) is 3.04. The SMILES string of the molecule is CC(C)CCc1cc2n(n1)C(C1CCCO1)CCN2. The van der Waals surface area contributed by atoms with Gasteiger partial charge in [-0.05, 0) is 38.0 Å². The van der Waals surface area contributed by atoms with Crippen molar-refractivity contribution in [1.82, 2.24) is 9.78 Å². The van der Waals surface area contributed by atoms with Gasteiger partial charge in [-0.2, -0.15) is 5.10 Å². The Bertz CT molecular complexity index is 421. The maximum Gasteiger partial charge on any atom is 0.124 e. The summed E-state index contributed by atoms with van der Waals surface area (Å²) in [7, 11) is 0. The van der Waals surface area contributed by atoms with E-state index in [0.717, 1.165) is 31.9 Å². The van der Waals surface area contributed by atoms with Gasteiger partial charge in [-0.3, -0.25) is 0 Å². The average molecular weight is 263 g/mol. The molecule has 1 fully saturated rings. The van der Waals surface area contributed by atoms with Crippen molar-refractivity contribution in [2.75, 3.05) is 18.5 Å². The Balaban J connectivity index is 1.75. The Labute approximate surface area is 115 Å². The predicted octanol–water partition coefficient (Wildman–Crippen LogP) is 3.01. The van der Waals surface area contributed by atoms with Crippen LogP contribution in [0.1, 0.15) is 51.3 Å². The number of nitrogens with one attached hydrogen (secondary N) is 1. The Hall–Kier alpha value is -1.03. The highest BCUT2D eigenvalue weighted by Gasteiger charge is 2.31. The highest BCUT2D eigenvalue weighted by atomic mass is 16.5. The summed E-state index contributed by atoms with van der Waals surface area (Å²) < 4.78 is 8.06. The zero-order valence-electron chi connectivity index (χ0n) is 12.1. The standard InChI is InChI=1S/C15H25N3O/c1-11(2)5-6-12-10-15-16-8-7-13(18(15)17-12)14-4-3-9-19-14/h10-11,13-14,16H,3-9H2,1-2H3. The number of ether oxygens (including phenoxy) is 1. The van der Waals surface area contributed by atoms with Crippen LogP contribution >= 0.6 is 0 Å². The van der Waals surface area contributed by atoms with E-state index in [1.807, 2.05) is 0 Å². The first-order chi connectivity index (χ1) is 9.24. The van der Waals surface area contributed by atoms with Crippen molar-refractivity contribution < 1.29 is 4.74 Å². The quantitative estimate of drug-likeness (QED) is 0.907. The van der Waals surface area contributed by atoms with Crippen molar-refractivity contribution in [2.45, 2.75) is 58.1 Å². The second-order valence-electron chi connectivity index (χ2n) is 6.23. The van der Waals surface area contributed by atoms with E-state index in [-0.39, 0.29) is 0 Å². The molecule has 1 N–H and O–H groups in total. The van der Waals surface area contributed by atoms with Crippen LogP contribution in [0.25, 0.3) is 0 Å². The van der Waals surface area contributed by atoms with Gasteiger partial charge in [0, 0.05) is 19.2 Å². The van der Waals surface area contributed by atoms with Crippen LogP contribution in [0.3, 0.4) is 0 Å². The summed E-state index contributed by atoms with van der Waals surface area (Å²) >= 11 is 0. The van der Waals surface area contributed by atoms with Crippen molar-refractivity contribution >= 4 is 5.82 Å². The molecule has 2 aliphatic rings. The summed E-state index contributed by atoms with van der Waals surface area (Å²) in [4.78, 5) is 0. The minimum absolute atomic E-state index is 0.374. The second kappa shape index (κ2) is 5.53. The lowest BCUT2D eigenvalue weighted by Crippen LogP contribution is -2.31. The summed E-state index contributed by atoms with van der Waals surface area (Å²) in [6.07, 6.45) is 6.18. The predicted molar refractivity (Wildman–Crippen MR) is 76.5 cm³/mol. The number of hydrogen-bond donors (Lipinski definition) is 1. The lowest BCUT2D eigenvalue weighted by Gasteiger charge is -2.29. The monoisotopic (exact) mass is 263 g/mol. The number of aromatic nitrogens is 2. The molecular formula is C15H25N3O. The molecule has 1 aromatic rings. The number of hydrogen-bond acceptors (Lipinski definition) is 3. The number of aryl methyl sites for hydroxylation is 1. The van der Waals surface area contributed by atoms with Gasteiger partial charge in [-0.15, -0.1) is 0 Å². The molecule has 2 unspecified atom stereocenters. The van der Waals surface area contributed by atoms with Crippen LogP contribution in [0, 0.1) is 5.92 Å². The topological polar surface area (TPSA) is 39.1 Å². The highest BCUT2D eigenvalue weighted by molar-refractivity contribution is 5.39. The summed E-state index contributed by atoms with van der Waals surface area (Å²) in [5, 5.41) is 8.29. The molecule has 0 aromatic carbocycles. The van der Waals surface area contributed by atoms with E-state index in [1.54, 1.807) is 0 Å².